The van der Waals surface area contributed by atoms with Crippen LogP contribution in [-0.2, 0) is 9.59 Å². The molecule has 0 bridgehead atoms. The Morgan fingerprint density at radius 3 is 2.55 bits per heavy atom. The summed E-state index contributed by atoms with van der Waals surface area (Å²) in [6.45, 7) is 1.76. The molecule has 2 fully saturated rings. The summed E-state index contributed by atoms with van der Waals surface area (Å²) in [7, 11) is 0.529. The zero-order chi connectivity index (χ0) is 30.8. The third-order valence-corrected chi connectivity index (χ3v) is 8.39. The quantitative estimate of drug-likeness (QED) is 0.119. The largest absolute Gasteiger partial charge is 0.444 e. The highest BCUT2D eigenvalue weighted by Gasteiger charge is 2.33. The molecule has 3 amide bonds. The molecule has 4 N–H and O–H groups in total. The summed E-state index contributed by atoms with van der Waals surface area (Å²) in [6.07, 6.45) is 10.1. The number of benzene rings is 1. The maximum absolute atomic E-state index is 13.6. The van der Waals surface area contributed by atoms with E-state index in [1.54, 1.807) is 47.1 Å². The molecule has 1 aliphatic carbocycles. The first-order chi connectivity index (χ1) is 21.3. The summed E-state index contributed by atoms with van der Waals surface area (Å²) in [5, 5.41) is 6.81. The Morgan fingerprint density at radius 2 is 1.82 bits per heavy atom. The normalized spacial score (nSPS) is 20.8. The maximum Gasteiger partial charge on any atom is 0.317 e. The first kappa shape index (κ1) is 29.1. The molecule has 3 aromatic heterocycles. The third-order valence-electron chi connectivity index (χ3n) is 8.39. The number of oxazole rings is 1. The maximum atomic E-state index is 13.6. The Balaban J connectivity index is 1.07. The van der Waals surface area contributed by atoms with E-state index in [0.717, 1.165) is 36.8 Å². The predicted octanol–water partition coefficient (Wildman–Crippen LogP) is 2.23. The van der Waals surface area contributed by atoms with Crippen LogP contribution in [0.25, 0.3) is 22.5 Å². The minimum Gasteiger partial charge on any atom is -0.444 e. The first-order valence-corrected chi connectivity index (χ1v) is 14.7. The number of imide groups is 1. The summed E-state index contributed by atoms with van der Waals surface area (Å²) in [4.78, 5) is 58.9. The second-order valence-corrected chi connectivity index (χ2v) is 11.4. The molecule has 1 aromatic carbocycles. The van der Waals surface area contributed by atoms with Gasteiger partial charge in [0.2, 0.25) is 17.7 Å². The Hall–Kier alpha value is -4.98. The van der Waals surface area contributed by atoms with Gasteiger partial charge in [-0.1, -0.05) is 25.0 Å². The molecule has 1 unspecified atom stereocenters. The molecular weight excluding hydrogens is 563 g/mol. The fraction of sp³-hybridized carbons (Fsp3) is 0.333. The lowest BCUT2D eigenvalue weighted by Gasteiger charge is -2.33. The summed E-state index contributed by atoms with van der Waals surface area (Å²) in [5.74, 6) is 5.83. The average molecular weight is 596 g/mol. The predicted molar refractivity (Wildman–Crippen MR) is 163 cm³/mol. The minimum absolute atomic E-state index is 0.0741. The van der Waals surface area contributed by atoms with Gasteiger partial charge in [-0.2, -0.15) is 0 Å². The molecule has 13 nitrogen and oxygen atoms in total. The van der Waals surface area contributed by atoms with E-state index < -0.39 is 17.9 Å². The molecule has 14 heteroatoms. The molecule has 44 heavy (non-hydrogen) atoms. The van der Waals surface area contributed by atoms with Crippen LogP contribution in [0.15, 0.2) is 76.2 Å². The Morgan fingerprint density at radius 1 is 1.09 bits per heavy atom. The Kier molecular flexibility index (Phi) is 8.16. The van der Waals surface area contributed by atoms with Gasteiger partial charge in [-0.05, 0) is 56.3 Å². The van der Waals surface area contributed by atoms with Crippen LogP contribution >= 0.6 is 0 Å². The zero-order valence-electron chi connectivity index (χ0n) is 24.3. The summed E-state index contributed by atoms with van der Waals surface area (Å²) < 4.78 is 8.74. The highest BCUT2D eigenvalue weighted by molar-refractivity contribution is 6.37. The number of carbonyl (C=O) groups excluding carboxylic acids is 3. The van der Waals surface area contributed by atoms with Crippen LogP contribution < -0.4 is 22.2 Å². The van der Waals surface area contributed by atoms with Gasteiger partial charge in [0.15, 0.2) is 5.69 Å². The number of allylic oxidation sites excluding steroid dienone is 1. The van der Waals surface area contributed by atoms with Crippen molar-refractivity contribution in [1.29, 1.82) is 0 Å². The van der Waals surface area contributed by atoms with Gasteiger partial charge in [-0.25, -0.2) is 15.6 Å². The number of nitrogens with two attached hydrogens (primary N) is 1. The molecule has 1 atom stereocenters. The Bertz CT molecular complexity index is 1790. The van der Waals surface area contributed by atoms with Crippen LogP contribution in [0, 0.1) is 0 Å². The van der Waals surface area contributed by atoms with Crippen LogP contribution in [0.1, 0.15) is 62.0 Å². The second-order valence-electron chi connectivity index (χ2n) is 11.4. The number of nitrogens with zero attached hydrogens (tertiary/aromatic N) is 5. The van der Waals surface area contributed by atoms with Crippen molar-refractivity contribution in [2.75, 3.05) is 0 Å². The van der Waals surface area contributed by atoms with Crippen molar-refractivity contribution in [2.45, 2.75) is 63.3 Å². The standard InChI is InChI=1S/C30H33BN8O5/c1-18(34-27(41)22-17-44-29(35-22)19-12-14-33-15-13-19)16-37(32)21-8-6-20(7-9-21)31-39-24-5-3-2-4-23(24)38(30(39)43)25-10-11-26(40)36-28(25)42/h2-5,12-17,20-21,25,31H,6-11,32H2,1H3,(H,34,41)(H,36,40,42)/b18-16+. The monoisotopic (exact) mass is 596 g/mol. The molecule has 0 spiro atoms. The van der Waals surface area contributed by atoms with Crippen molar-refractivity contribution in [2.24, 2.45) is 5.84 Å². The topological polar surface area (TPSA) is 170 Å². The molecule has 6 rings (SSSR count). The van der Waals surface area contributed by atoms with E-state index in [0.29, 0.717) is 30.9 Å². The number of amides is 3. The van der Waals surface area contributed by atoms with Crippen LogP contribution in [0.2, 0.25) is 5.82 Å². The zero-order valence-corrected chi connectivity index (χ0v) is 24.3. The fourth-order valence-electron chi connectivity index (χ4n) is 6.13. The molecule has 1 saturated carbocycles. The fourth-order valence-corrected chi connectivity index (χ4v) is 6.13. The van der Waals surface area contributed by atoms with Gasteiger partial charge < -0.3 is 19.2 Å². The highest BCUT2D eigenvalue weighted by Crippen LogP contribution is 2.32. The van der Waals surface area contributed by atoms with E-state index in [2.05, 4.69) is 20.6 Å². The van der Waals surface area contributed by atoms with Crippen molar-refractivity contribution in [1.82, 2.24) is 34.7 Å². The number of carbonyl (C=O) groups is 3. The minimum atomic E-state index is -0.712. The van der Waals surface area contributed by atoms with Crippen molar-refractivity contribution in [3.63, 3.8) is 0 Å². The third kappa shape index (κ3) is 5.93. The number of nitrogens with one attached hydrogen (secondary N) is 2. The lowest BCUT2D eigenvalue weighted by molar-refractivity contribution is -0.135. The van der Waals surface area contributed by atoms with Gasteiger partial charge in [0.1, 0.15) is 12.3 Å². The molecule has 4 aromatic rings. The number of hydrogen-bond donors (Lipinski definition) is 3. The smallest absolute Gasteiger partial charge is 0.317 e. The van der Waals surface area contributed by atoms with Gasteiger partial charge in [-0.15, -0.1) is 0 Å². The van der Waals surface area contributed by atoms with E-state index >= 15 is 0 Å². The van der Waals surface area contributed by atoms with Gasteiger partial charge in [0.25, 0.3) is 13.3 Å². The number of pyridine rings is 1. The number of hydrogen-bond acceptors (Lipinski definition) is 9. The number of imidazole rings is 1. The molecule has 1 saturated heterocycles. The lowest BCUT2D eigenvalue weighted by atomic mass is 9.66. The van der Waals surface area contributed by atoms with Gasteiger partial charge in [-0.3, -0.25) is 29.3 Å². The highest BCUT2D eigenvalue weighted by atomic mass is 16.3. The van der Waals surface area contributed by atoms with Crippen molar-refractivity contribution in [3.8, 4) is 11.5 Å². The number of fused-ring (bicyclic) bond motifs is 1. The molecule has 4 heterocycles. The van der Waals surface area contributed by atoms with Gasteiger partial charge >= 0.3 is 5.69 Å². The van der Waals surface area contributed by atoms with Crippen LogP contribution in [0.4, 0.5) is 0 Å². The summed E-state index contributed by atoms with van der Waals surface area (Å²) in [5.41, 5.74) is 2.68. The molecule has 2 aliphatic rings. The van der Waals surface area contributed by atoms with Gasteiger partial charge in [0.05, 0.1) is 11.0 Å². The van der Waals surface area contributed by atoms with Gasteiger partial charge in [0, 0.05) is 42.3 Å². The van der Waals surface area contributed by atoms with E-state index in [1.165, 1.54) is 10.8 Å². The number of rotatable bonds is 8. The summed E-state index contributed by atoms with van der Waals surface area (Å²) in [6, 6.07) is 10.3. The SMILES string of the molecule is C/C(=C\N(N)C1CCC(Bn2c(=O)n(C3CCC(=O)NC3=O)c3ccccc32)CC1)NC(=O)c1coc(-c2ccncc2)n1. The number of piperidine rings is 1. The molecular formula is C30H33BN8O5. The molecule has 226 valence electrons. The number of para-hydroxylation sites is 2. The first-order valence-electron chi connectivity index (χ1n) is 14.7. The van der Waals surface area contributed by atoms with E-state index in [1.807, 2.05) is 24.3 Å². The van der Waals surface area contributed by atoms with Crippen molar-refractivity contribution >= 4 is 36.2 Å². The number of aromatic nitrogens is 4. The van der Waals surface area contributed by atoms with Crippen LogP contribution in [-0.4, -0.2) is 55.2 Å². The summed E-state index contributed by atoms with van der Waals surface area (Å²) >= 11 is 0. The average Bonchev–Trinajstić information content (AvgIpc) is 3.62. The van der Waals surface area contributed by atoms with Crippen LogP contribution in [0.3, 0.4) is 0 Å². The number of hydrazine groups is 1. The molecule has 1 aliphatic heterocycles. The van der Waals surface area contributed by atoms with Crippen molar-refractivity contribution < 1.29 is 18.8 Å². The van der Waals surface area contributed by atoms with Crippen LogP contribution in [0.5, 0.6) is 0 Å². The second kappa shape index (κ2) is 12.3. The molecule has 0 radical (unpaired) electrons. The van der Waals surface area contributed by atoms with E-state index in [4.69, 9.17) is 10.3 Å². The van der Waals surface area contributed by atoms with E-state index in [-0.39, 0.29) is 35.6 Å². The Labute approximate surface area is 253 Å². The lowest BCUT2D eigenvalue weighted by Crippen LogP contribution is -2.45. The van der Waals surface area contributed by atoms with Crippen molar-refractivity contribution in [3.05, 3.63) is 83.1 Å². The van der Waals surface area contributed by atoms with E-state index in [9.17, 15) is 19.2 Å².